The molecule has 0 radical (unpaired) electrons. The number of anilines is 1. The molecule has 3 heterocycles. The zero-order valence-corrected chi connectivity index (χ0v) is 18.2. The molecule has 4 aromatic rings. The number of aryl methyl sites for hydroxylation is 2. The Kier molecular flexibility index (Phi) is 5.40. The number of aromatic nitrogens is 3. The van der Waals surface area contributed by atoms with Gasteiger partial charge in [0, 0.05) is 30.6 Å². The molecule has 0 aliphatic rings. The van der Waals surface area contributed by atoms with Crippen molar-refractivity contribution in [2.45, 2.75) is 26.8 Å². The van der Waals surface area contributed by atoms with E-state index in [0.717, 1.165) is 16.7 Å². The summed E-state index contributed by atoms with van der Waals surface area (Å²) in [5, 5.41) is 20.2. The number of amidine groups is 1. The fourth-order valence-corrected chi connectivity index (χ4v) is 3.79. The largest absolute Gasteiger partial charge is 0.455 e. The third-order valence-corrected chi connectivity index (χ3v) is 5.36. The van der Waals surface area contributed by atoms with Gasteiger partial charge in [0.15, 0.2) is 11.3 Å². The maximum Gasteiger partial charge on any atom is 0.196 e. The first-order chi connectivity index (χ1) is 15.3. The minimum absolute atomic E-state index is 0.0824. The second kappa shape index (κ2) is 8.18. The lowest BCUT2D eigenvalue weighted by Gasteiger charge is -2.19. The fourth-order valence-electron chi connectivity index (χ4n) is 3.79. The average Bonchev–Trinajstić information content (AvgIpc) is 3.21. The summed E-state index contributed by atoms with van der Waals surface area (Å²) in [6.45, 7) is 5.64. The second-order valence-electron chi connectivity index (χ2n) is 7.77. The molecule has 1 aromatic carbocycles. The molecule has 9 heteroatoms. The summed E-state index contributed by atoms with van der Waals surface area (Å²) < 4.78 is 7.98. The normalized spacial score (nSPS) is 12.8. The van der Waals surface area contributed by atoms with E-state index in [1.165, 1.54) is 0 Å². The summed E-state index contributed by atoms with van der Waals surface area (Å²) in [4.78, 5) is 17.4. The van der Waals surface area contributed by atoms with Crippen LogP contribution in [0.3, 0.4) is 0 Å². The van der Waals surface area contributed by atoms with Crippen LogP contribution >= 0.6 is 0 Å². The van der Waals surface area contributed by atoms with Crippen molar-refractivity contribution in [3.05, 3.63) is 75.5 Å². The van der Waals surface area contributed by atoms with Gasteiger partial charge in [0.05, 0.1) is 28.9 Å². The average molecular weight is 432 g/mol. The zero-order valence-electron chi connectivity index (χ0n) is 18.2. The number of benzene rings is 1. The van der Waals surface area contributed by atoms with Gasteiger partial charge in [-0.2, -0.15) is 5.10 Å². The molecule has 0 aliphatic carbocycles. The topological polar surface area (TPSA) is 132 Å². The smallest absolute Gasteiger partial charge is 0.196 e. The molecule has 1 atom stereocenters. The van der Waals surface area contributed by atoms with E-state index >= 15 is 0 Å². The summed E-state index contributed by atoms with van der Waals surface area (Å²) in [6, 6.07) is 7.07. The Morgan fingerprint density at radius 3 is 2.81 bits per heavy atom. The molecule has 9 nitrogen and oxygen atoms in total. The van der Waals surface area contributed by atoms with Crippen LogP contribution in [-0.2, 0) is 7.05 Å². The van der Waals surface area contributed by atoms with Crippen molar-refractivity contribution in [3.63, 3.8) is 0 Å². The number of pyridine rings is 1. The highest BCUT2D eigenvalue weighted by molar-refractivity contribution is 6.00. The van der Waals surface area contributed by atoms with Crippen molar-refractivity contribution in [1.82, 2.24) is 14.8 Å². The number of nitrogens with two attached hydrogens (primary N) is 1. The van der Waals surface area contributed by atoms with Crippen LogP contribution in [0.1, 0.15) is 35.3 Å². The third-order valence-electron chi connectivity index (χ3n) is 5.36. The molecule has 4 rings (SSSR count). The number of fused-ring (bicyclic) bond motifs is 1. The Hall–Kier alpha value is -4.14. The molecule has 0 bridgehead atoms. The van der Waals surface area contributed by atoms with Crippen LogP contribution in [0.2, 0.25) is 0 Å². The molecule has 0 aliphatic heterocycles. The molecular weight excluding hydrogens is 408 g/mol. The van der Waals surface area contributed by atoms with Crippen molar-refractivity contribution >= 4 is 22.5 Å². The van der Waals surface area contributed by atoms with Gasteiger partial charge < -0.3 is 20.7 Å². The molecule has 32 heavy (non-hydrogen) atoms. The zero-order chi connectivity index (χ0) is 23.0. The first-order valence-corrected chi connectivity index (χ1v) is 10.1. The highest BCUT2D eigenvalue weighted by Gasteiger charge is 2.20. The lowest BCUT2D eigenvalue weighted by atomic mass is 9.99. The highest BCUT2D eigenvalue weighted by atomic mass is 16.4. The molecule has 0 spiro atoms. The monoisotopic (exact) mass is 432 g/mol. The van der Waals surface area contributed by atoms with Gasteiger partial charge in [-0.1, -0.05) is 11.2 Å². The van der Waals surface area contributed by atoms with Gasteiger partial charge in [-0.3, -0.25) is 14.5 Å². The minimum Gasteiger partial charge on any atom is -0.455 e. The van der Waals surface area contributed by atoms with E-state index in [0.29, 0.717) is 33.7 Å². The lowest BCUT2D eigenvalue weighted by Crippen LogP contribution is -2.19. The number of nitrogens with zero attached hydrogens (tertiary/aromatic N) is 4. The quantitative estimate of drug-likeness (QED) is 0.190. The van der Waals surface area contributed by atoms with Gasteiger partial charge in [-0.25, -0.2) is 0 Å². The molecule has 164 valence electrons. The summed E-state index contributed by atoms with van der Waals surface area (Å²) >= 11 is 0. The Balaban J connectivity index is 1.88. The molecule has 0 amide bonds. The number of hydrogen-bond donors (Lipinski definition) is 3. The maximum absolute atomic E-state index is 13.2. The van der Waals surface area contributed by atoms with Crippen LogP contribution in [0.15, 0.2) is 57.2 Å². The molecule has 0 saturated carbocycles. The number of rotatable bonds is 5. The molecule has 0 unspecified atom stereocenters. The summed E-state index contributed by atoms with van der Waals surface area (Å²) in [5.41, 5.74) is 10.1. The molecule has 0 fully saturated rings. The van der Waals surface area contributed by atoms with Crippen molar-refractivity contribution < 1.29 is 9.62 Å². The number of oxime groups is 1. The van der Waals surface area contributed by atoms with E-state index in [4.69, 9.17) is 15.4 Å². The number of hydrogen-bond acceptors (Lipinski definition) is 7. The van der Waals surface area contributed by atoms with Gasteiger partial charge in [-0.05, 0) is 44.5 Å². The van der Waals surface area contributed by atoms with Crippen LogP contribution in [0, 0.1) is 13.8 Å². The third kappa shape index (κ3) is 3.68. The standard InChI is InChI=1S/C23H24N6O3/c1-12-8-16(14(3)27-18-6-5-7-25-19(18)23(24)28-31)22-17(9-12)20(30)13(2)21(32-22)15-10-26-29(4)11-15/h5-11,14,27,31H,1-4H3,(H2,24,28)/t14-/m1/s1. The Morgan fingerprint density at radius 1 is 1.34 bits per heavy atom. The fraction of sp³-hybridized carbons (Fsp3) is 0.217. The van der Waals surface area contributed by atoms with E-state index in [-0.39, 0.29) is 17.3 Å². The maximum atomic E-state index is 13.2. The van der Waals surface area contributed by atoms with Crippen LogP contribution in [0.4, 0.5) is 5.69 Å². The van der Waals surface area contributed by atoms with Crippen molar-refractivity contribution in [2.24, 2.45) is 17.9 Å². The van der Waals surface area contributed by atoms with E-state index in [1.807, 2.05) is 39.2 Å². The molecular formula is C23H24N6O3. The van der Waals surface area contributed by atoms with Gasteiger partial charge in [0.25, 0.3) is 0 Å². The summed E-state index contributed by atoms with van der Waals surface area (Å²) in [6.07, 6.45) is 5.05. The van der Waals surface area contributed by atoms with Crippen LogP contribution in [-0.4, -0.2) is 25.8 Å². The van der Waals surface area contributed by atoms with Crippen molar-refractivity contribution in [3.8, 4) is 11.3 Å². The van der Waals surface area contributed by atoms with Crippen molar-refractivity contribution in [2.75, 3.05) is 5.32 Å². The Bertz CT molecular complexity index is 1400. The molecule has 4 N–H and O–H groups in total. The van der Waals surface area contributed by atoms with Gasteiger partial charge in [0.2, 0.25) is 0 Å². The van der Waals surface area contributed by atoms with Gasteiger partial charge in [0.1, 0.15) is 17.0 Å². The first kappa shape index (κ1) is 21.1. The van der Waals surface area contributed by atoms with Gasteiger partial charge in [-0.15, -0.1) is 0 Å². The van der Waals surface area contributed by atoms with Crippen LogP contribution in [0.5, 0.6) is 0 Å². The lowest BCUT2D eigenvalue weighted by molar-refractivity contribution is 0.318. The first-order valence-electron chi connectivity index (χ1n) is 10.1. The second-order valence-corrected chi connectivity index (χ2v) is 7.77. The SMILES string of the molecule is Cc1cc([C@@H](C)Nc2cccnc2/C(N)=N/O)c2oc(-c3cnn(C)c3)c(C)c(=O)c2c1. The van der Waals surface area contributed by atoms with E-state index < -0.39 is 0 Å². The van der Waals surface area contributed by atoms with E-state index in [2.05, 4.69) is 20.6 Å². The number of nitrogens with one attached hydrogen (secondary N) is 1. The summed E-state index contributed by atoms with van der Waals surface area (Å²) in [5.74, 6) is 0.391. The Labute approximate surface area is 184 Å². The molecule has 3 aromatic heterocycles. The predicted octanol–water partition coefficient (Wildman–Crippen LogP) is 3.47. The summed E-state index contributed by atoms with van der Waals surface area (Å²) in [7, 11) is 1.81. The predicted molar refractivity (Wildman–Crippen MR) is 123 cm³/mol. The Morgan fingerprint density at radius 2 is 2.12 bits per heavy atom. The van der Waals surface area contributed by atoms with Crippen LogP contribution in [0.25, 0.3) is 22.3 Å². The van der Waals surface area contributed by atoms with E-state index in [1.54, 1.807) is 36.1 Å². The highest BCUT2D eigenvalue weighted by Crippen LogP contribution is 2.32. The van der Waals surface area contributed by atoms with Gasteiger partial charge >= 0.3 is 0 Å². The minimum atomic E-state index is -0.278. The molecule has 0 saturated heterocycles. The van der Waals surface area contributed by atoms with E-state index in [9.17, 15) is 4.79 Å². The van der Waals surface area contributed by atoms with Crippen molar-refractivity contribution in [1.29, 1.82) is 0 Å². The van der Waals surface area contributed by atoms with Crippen LogP contribution < -0.4 is 16.5 Å².